The molecule has 0 bridgehead atoms. The highest BCUT2D eigenvalue weighted by atomic mass is 35.5. The summed E-state index contributed by atoms with van der Waals surface area (Å²) in [5.74, 6) is -0.510. The number of phenols is 1. The van der Waals surface area contributed by atoms with Crippen LogP contribution in [0.2, 0.25) is 5.02 Å². The van der Waals surface area contributed by atoms with Gasteiger partial charge < -0.3 is 20.1 Å². The zero-order valence-electron chi connectivity index (χ0n) is 15.4. The number of hydrogen-bond acceptors (Lipinski definition) is 4. The predicted octanol–water partition coefficient (Wildman–Crippen LogP) is 3.08. The molecule has 0 unspecified atom stereocenters. The van der Waals surface area contributed by atoms with Crippen molar-refractivity contribution in [2.75, 3.05) is 13.7 Å². The maximum Gasteiger partial charge on any atom is 0.257 e. The van der Waals surface area contributed by atoms with Crippen LogP contribution in [0, 0.1) is 0 Å². The van der Waals surface area contributed by atoms with E-state index in [1.807, 2.05) is 12.1 Å². The van der Waals surface area contributed by atoms with Gasteiger partial charge in [0.25, 0.3) is 11.5 Å². The first kappa shape index (κ1) is 19.9. The van der Waals surface area contributed by atoms with E-state index >= 15 is 0 Å². The Hall–Kier alpha value is -2.83. The molecule has 1 aromatic heterocycles. The fraction of sp³-hybridized carbons (Fsp3) is 0.238. The monoisotopic (exact) mass is 400 g/mol. The lowest BCUT2D eigenvalue weighted by Crippen LogP contribution is -2.26. The van der Waals surface area contributed by atoms with Crippen molar-refractivity contribution in [3.05, 3.63) is 74.5 Å². The van der Waals surface area contributed by atoms with Crippen molar-refractivity contribution in [2.45, 2.75) is 19.4 Å². The Morgan fingerprint density at radius 2 is 1.89 bits per heavy atom. The average molecular weight is 401 g/mol. The number of nitrogens with one attached hydrogen (secondary N) is 1. The molecule has 1 amide bonds. The van der Waals surface area contributed by atoms with Crippen LogP contribution in [0.25, 0.3) is 10.9 Å². The lowest BCUT2D eigenvalue weighted by Gasteiger charge is -2.18. The number of amides is 1. The van der Waals surface area contributed by atoms with Gasteiger partial charge in [-0.05, 0) is 48.7 Å². The number of pyridine rings is 1. The Bertz CT molecular complexity index is 1060. The number of aliphatic hydroxyl groups is 1. The van der Waals surface area contributed by atoms with E-state index in [9.17, 15) is 14.7 Å². The van der Waals surface area contributed by atoms with Crippen molar-refractivity contribution in [3.8, 4) is 5.75 Å². The summed E-state index contributed by atoms with van der Waals surface area (Å²) in [6.45, 7) is 0.332. The number of aromatic hydroxyl groups is 1. The molecule has 0 saturated heterocycles. The summed E-state index contributed by atoms with van der Waals surface area (Å²) in [4.78, 5) is 29.2. The number of phenolic OH excluding ortho intramolecular Hbond substituents is 1. The number of aliphatic hydroxyl groups excluding tert-OH is 1. The highest BCUT2D eigenvalue weighted by Gasteiger charge is 2.19. The van der Waals surface area contributed by atoms with Crippen LogP contribution in [0.5, 0.6) is 5.75 Å². The molecule has 3 rings (SSSR count). The van der Waals surface area contributed by atoms with Crippen LogP contribution in [0.3, 0.4) is 0 Å². The number of carbonyl (C=O) groups excluding carboxylic acids is 1. The van der Waals surface area contributed by atoms with Gasteiger partial charge in [-0.1, -0.05) is 23.7 Å². The van der Waals surface area contributed by atoms with Gasteiger partial charge in [-0.2, -0.15) is 0 Å². The number of nitrogens with zero attached hydrogens (tertiary/aromatic N) is 1. The second kappa shape index (κ2) is 8.46. The highest BCUT2D eigenvalue weighted by Crippen LogP contribution is 2.29. The molecule has 0 aliphatic heterocycles. The van der Waals surface area contributed by atoms with Crippen molar-refractivity contribution in [1.29, 1.82) is 0 Å². The topological polar surface area (TPSA) is 93.6 Å². The van der Waals surface area contributed by atoms with Gasteiger partial charge in [-0.25, -0.2) is 0 Å². The third-order valence-electron chi connectivity index (χ3n) is 4.59. The van der Waals surface area contributed by atoms with Crippen LogP contribution in [0.4, 0.5) is 0 Å². The standard InChI is InChI=1S/C21H21ClN2O4/c1-24(12-13-4-6-15(22)7-5-13)21(28)16-8-9-18-17(19(16)26)11-14(3-2-10-25)20(27)23-18/h4-9,11,25-26H,2-3,10,12H2,1H3,(H,23,27). The summed E-state index contributed by atoms with van der Waals surface area (Å²) in [5.41, 5.74) is 1.71. The molecular formula is C21H21ClN2O4. The lowest BCUT2D eigenvalue weighted by atomic mass is 10.0. The first-order valence-electron chi connectivity index (χ1n) is 8.89. The normalized spacial score (nSPS) is 11.0. The zero-order valence-corrected chi connectivity index (χ0v) is 16.2. The van der Waals surface area contributed by atoms with Gasteiger partial charge in [0.1, 0.15) is 5.75 Å². The summed E-state index contributed by atoms with van der Waals surface area (Å²) >= 11 is 5.89. The molecule has 0 spiro atoms. The SMILES string of the molecule is CN(Cc1ccc(Cl)cc1)C(=O)c1ccc2[nH]c(=O)c(CCCO)cc2c1O. The van der Waals surface area contributed by atoms with E-state index in [0.717, 1.165) is 5.56 Å². The molecule has 146 valence electrons. The molecule has 2 aromatic carbocycles. The number of halogens is 1. The molecule has 6 nitrogen and oxygen atoms in total. The van der Waals surface area contributed by atoms with E-state index in [4.69, 9.17) is 16.7 Å². The quantitative estimate of drug-likeness (QED) is 0.592. The minimum atomic E-state index is -0.336. The Kier molecular flexibility index (Phi) is 6.02. The first-order chi connectivity index (χ1) is 13.4. The number of aromatic nitrogens is 1. The second-order valence-corrected chi connectivity index (χ2v) is 7.10. The van der Waals surface area contributed by atoms with Crippen LogP contribution in [0.15, 0.2) is 47.3 Å². The van der Waals surface area contributed by atoms with Gasteiger partial charge in [-0.15, -0.1) is 0 Å². The van der Waals surface area contributed by atoms with Crippen molar-refractivity contribution in [3.63, 3.8) is 0 Å². The maximum absolute atomic E-state index is 12.8. The smallest absolute Gasteiger partial charge is 0.257 e. The van der Waals surface area contributed by atoms with Gasteiger partial charge in [-0.3, -0.25) is 9.59 Å². The Balaban J connectivity index is 1.91. The molecule has 3 N–H and O–H groups in total. The minimum absolute atomic E-state index is 0.0303. The fourth-order valence-corrected chi connectivity index (χ4v) is 3.20. The molecule has 1 heterocycles. The molecular weight excluding hydrogens is 380 g/mol. The number of benzene rings is 2. The van der Waals surface area contributed by atoms with Gasteiger partial charge in [0.05, 0.1) is 11.1 Å². The molecule has 3 aromatic rings. The van der Waals surface area contributed by atoms with Crippen molar-refractivity contribution in [2.24, 2.45) is 0 Å². The van der Waals surface area contributed by atoms with Gasteiger partial charge in [0.15, 0.2) is 0 Å². The number of aryl methyl sites for hydroxylation is 1. The van der Waals surface area contributed by atoms with Crippen LogP contribution in [-0.4, -0.2) is 39.7 Å². The second-order valence-electron chi connectivity index (χ2n) is 6.66. The van der Waals surface area contributed by atoms with Crippen molar-refractivity contribution < 1.29 is 15.0 Å². The third kappa shape index (κ3) is 4.18. The van der Waals surface area contributed by atoms with E-state index in [1.54, 1.807) is 31.3 Å². The molecule has 0 atom stereocenters. The van der Waals surface area contributed by atoms with E-state index in [1.165, 1.54) is 11.0 Å². The van der Waals surface area contributed by atoms with Crippen LogP contribution >= 0.6 is 11.6 Å². The maximum atomic E-state index is 12.8. The fourth-order valence-electron chi connectivity index (χ4n) is 3.07. The summed E-state index contributed by atoms with van der Waals surface area (Å²) < 4.78 is 0. The largest absolute Gasteiger partial charge is 0.506 e. The number of aromatic amines is 1. The number of carbonyl (C=O) groups is 1. The van der Waals surface area contributed by atoms with Crippen LogP contribution in [-0.2, 0) is 13.0 Å². The Labute approximate surface area is 167 Å². The first-order valence-corrected chi connectivity index (χ1v) is 9.27. The molecule has 0 aliphatic rings. The highest BCUT2D eigenvalue weighted by molar-refractivity contribution is 6.30. The van der Waals surface area contributed by atoms with E-state index in [-0.39, 0.29) is 29.4 Å². The Morgan fingerprint density at radius 3 is 2.57 bits per heavy atom. The molecule has 0 aliphatic carbocycles. The van der Waals surface area contributed by atoms with Gasteiger partial charge in [0.2, 0.25) is 0 Å². The predicted molar refractivity (Wildman–Crippen MR) is 109 cm³/mol. The van der Waals surface area contributed by atoms with E-state index in [0.29, 0.717) is 40.9 Å². The molecule has 0 saturated carbocycles. The number of H-pyrrole nitrogens is 1. The number of hydrogen-bond donors (Lipinski definition) is 3. The van der Waals surface area contributed by atoms with E-state index < -0.39 is 0 Å². The Morgan fingerprint density at radius 1 is 1.18 bits per heavy atom. The van der Waals surface area contributed by atoms with Crippen LogP contribution in [0.1, 0.15) is 27.9 Å². The van der Waals surface area contributed by atoms with Crippen molar-refractivity contribution >= 4 is 28.4 Å². The molecule has 7 heteroatoms. The zero-order chi connectivity index (χ0) is 20.3. The number of rotatable bonds is 6. The molecule has 28 heavy (non-hydrogen) atoms. The lowest BCUT2D eigenvalue weighted by molar-refractivity contribution is 0.0782. The summed E-state index contributed by atoms with van der Waals surface area (Å²) in [6.07, 6.45) is 0.827. The summed E-state index contributed by atoms with van der Waals surface area (Å²) in [5, 5.41) is 20.7. The molecule has 0 radical (unpaired) electrons. The van der Waals surface area contributed by atoms with Gasteiger partial charge >= 0.3 is 0 Å². The van der Waals surface area contributed by atoms with E-state index in [2.05, 4.69) is 4.98 Å². The summed E-state index contributed by atoms with van der Waals surface area (Å²) in [6, 6.07) is 11.9. The van der Waals surface area contributed by atoms with Crippen LogP contribution < -0.4 is 5.56 Å². The molecule has 0 fully saturated rings. The van der Waals surface area contributed by atoms with Gasteiger partial charge in [0, 0.05) is 36.2 Å². The van der Waals surface area contributed by atoms with Crippen molar-refractivity contribution in [1.82, 2.24) is 9.88 Å². The summed E-state index contributed by atoms with van der Waals surface area (Å²) in [7, 11) is 1.65. The average Bonchev–Trinajstić information content (AvgIpc) is 2.68. The number of fused-ring (bicyclic) bond motifs is 1. The third-order valence-corrected chi connectivity index (χ3v) is 4.84. The minimum Gasteiger partial charge on any atom is -0.506 e.